The standard InChI is InChI=1S/C22H33N3O3/c1-17(2)20(26)23-11-6-18(7-12-23)24-10-4-8-22(15-24)9-13-25(16-22)21(27)19-5-3-14-28-19/h3,5,14,17-18H,4,6-13,15-16H2,1-2H3. The van der Waals surface area contributed by atoms with Gasteiger partial charge in [0.05, 0.1) is 6.26 Å². The molecule has 1 unspecified atom stereocenters. The molecular formula is C22H33N3O3. The zero-order valence-electron chi connectivity index (χ0n) is 17.2. The van der Waals surface area contributed by atoms with Crippen molar-refractivity contribution in [3.8, 4) is 0 Å². The number of hydrogen-bond acceptors (Lipinski definition) is 4. The Kier molecular flexibility index (Phi) is 5.50. The van der Waals surface area contributed by atoms with Crippen LogP contribution in [0.5, 0.6) is 0 Å². The first-order valence-corrected chi connectivity index (χ1v) is 10.8. The van der Waals surface area contributed by atoms with Crippen LogP contribution in [-0.2, 0) is 4.79 Å². The Bertz CT molecular complexity index is 694. The fourth-order valence-electron chi connectivity index (χ4n) is 5.37. The summed E-state index contributed by atoms with van der Waals surface area (Å²) in [5.41, 5.74) is 0.228. The number of carbonyl (C=O) groups excluding carboxylic acids is 2. The van der Waals surface area contributed by atoms with Crippen molar-refractivity contribution in [1.82, 2.24) is 14.7 Å². The van der Waals surface area contributed by atoms with Crippen LogP contribution in [0.3, 0.4) is 0 Å². The summed E-state index contributed by atoms with van der Waals surface area (Å²) < 4.78 is 5.31. The van der Waals surface area contributed by atoms with E-state index in [0.29, 0.717) is 11.8 Å². The minimum atomic E-state index is 0.0273. The maximum absolute atomic E-state index is 12.7. The van der Waals surface area contributed by atoms with E-state index in [1.54, 1.807) is 18.4 Å². The van der Waals surface area contributed by atoms with Gasteiger partial charge in [0, 0.05) is 50.1 Å². The minimum absolute atomic E-state index is 0.0273. The Morgan fingerprint density at radius 3 is 2.54 bits per heavy atom. The molecule has 1 aromatic rings. The van der Waals surface area contributed by atoms with Crippen LogP contribution >= 0.6 is 0 Å². The molecule has 1 spiro atoms. The van der Waals surface area contributed by atoms with Gasteiger partial charge in [0.2, 0.25) is 5.91 Å². The second kappa shape index (κ2) is 7.90. The van der Waals surface area contributed by atoms with Crippen LogP contribution in [0.15, 0.2) is 22.8 Å². The monoisotopic (exact) mass is 387 g/mol. The molecule has 0 radical (unpaired) electrons. The van der Waals surface area contributed by atoms with E-state index < -0.39 is 0 Å². The summed E-state index contributed by atoms with van der Waals surface area (Å²) in [6.07, 6.45) is 7.20. The molecule has 0 saturated carbocycles. The van der Waals surface area contributed by atoms with E-state index in [-0.39, 0.29) is 23.1 Å². The molecule has 28 heavy (non-hydrogen) atoms. The summed E-state index contributed by atoms with van der Waals surface area (Å²) in [6.45, 7) is 9.64. The topological polar surface area (TPSA) is 57.0 Å². The molecular weight excluding hydrogens is 354 g/mol. The number of furan rings is 1. The summed E-state index contributed by atoms with van der Waals surface area (Å²) >= 11 is 0. The van der Waals surface area contributed by atoms with Gasteiger partial charge in [0.25, 0.3) is 5.91 Å². The molecule has 154 valence electrons. The fourth-order valence-corrected chi connectivity index (χ4v) is 5.37. The van der Waals surface area contributed by atoms with Gasteiger partial charge in [-0.3, -0.25) is 14.5 Å². The van der Waals surface area contributed by atoms with Gasteiger partial charge in [-0.1, -0.05) is 13.8 Å². The Hall–Kier alpha value is -1.82. The van der Waals surface area contributed by atoms with Gasteiger partial charge in [-0.2, -0.15) is 0 Å². The largest absolute Gasteiger partial charge is 0.459 e. The first-order chi connectivity index (χ1) is 13.5. The van der Waals surface area contributed by atoms with E-state index in [0.717, 1.165) is 58.5 Å². The number of hydrogen-bond donors (Lipinski definition) is 0. The number of nitrogens with zero attached hydrogens (tertiary/aromatic N) is 3. The molecule has 4 heterocycles. The zero-order valence-corrected chi connectivity index (χ0v) is 17.2. The summed E-state index contributed by atoms with van der Waals surface area (Å²) in [4.78, 5) is 31.6. The summed E-state index contributed by atoms with van der Waals surface area (Å²) in [5.74, 6) is 0.855. The van der Waals surface area contributed by atoms with Crippen molar-refractivity contribution in [2.75, 3.05) is 39.3 Å². The molecule has 3 aliphatic heterocycles. The molecule has 3 saturated heterocycles. The van der Waals surface area contributed by atoms with Crippen LogP contribution in [0.2, 0.25) is 0 Å². The first kappa shape index (κ1) is 19.5. The van der Waals surface area contributed by atoms with Crippen LogP contribution in [0.25, 0.3) is 0 Å². The summed E-state index contributed by atoms with van der Waals surface area (Å²) in [6, 6.07) is 4.10. The lowest BCUT2D eigenvalue weighted by Crippen LogP contribution is -2.53. The Balaban J connectivity index is 1.34. The van der Waals surface area contributed by atoms with Crippen molar-refractivity contribution in [1.29, 1.82) is 0 Å². The van der Waals surface area contributed by atoms with E-state index in [1.807, 2.05) is 23.6 Å². The number of amides is 2. The smallest absolute Gasteiger partial charge is 0.289 e. The molecule has 0 aromatic carbocycles. The molecule has 1 atom stereocenters. The van der Waals surface area contributed by atoms with Gasteiger partial charge < -0.3 is 14.2 Å². The molecule has 1 aromatic heterocycles. The molecule has 6 nitrogen and oxygen atoms in total. The second-order valence-corrected chi connectivity index (χ2v) is 9.24. The van der Waals surface area contributed by atoms with Crippen LogP contribution in [0, 0.1) is 11.3 Å². The number of piperidine rings is 2. The lowest BCUT2D eigenvalue weighted by atomic mass is 9.78. The molecule has 3 aliphatic rings. The summed E-state index contributed by atoms with van der Waals surface area (Å²) in [7, 11) is 0. The van der Waals surface area contributed by atoms with Crippen LogP contribution in [-0.4, -0.2) is 71.8 Å². The van der Waals surface area contributed by atoms with Gasteiger partial charge in [0.15, 0.2) is 5.76 Å². The number of carbonyl (C=O) groups is 2. The molecule has 2 amide bonds. The highest BCUT2D eigenvalue weighted by Gasteiger charge is 2.44. The van der Waals surface area contributed by atoms with Crippen LogP contribution in [0.1, 0.15) is 56.5 Å². The molecule has 0 bridgehead atoms. The predicted molar refractivity (Wildman–Crippen MR) is 107 cm³/mol. The first-order valence-electron chi connectivity index (χ1n) is 10.8. The van der Waals surface area contributed by atoms with Gasteiger partial charge in [0.1, 0.15) is 0 Å². The molecule has 6 heteroatoms. The molecule has 0 aliphatic carbocycles. The minimum Gasteiger partial charge on any atom is -0.459 e. The van der Waals surface area contributed by atoms with Crippen molar-refractivity contribution >= 4 is 11.8 Å². The lowest BCUT2D eigenvalue weighted by Gasteiger charge is -2.46. The molecule has 3 fully saturated rings. The molecule has 0 N–H and O–H groups in total. The van der Waals surface area contributed by atoms with Crippen molar-refractivity contribution < 1.29 is 14.0 Å². The SMILES string of the molecule is CC(C)C(=O)N1CCC(N2CCCC3(CCN(C(=O)c4ccco4)C3)C2)CC1. The van der Waals surface area contributed by atoms with E-state index in [1.165, 1.54) is 12.8 Å². The van der Waals surface area contributed by atoms with Gasteiger partial charge in [-0.25, -0.2) is 0 Å². The highest BCUT2D eigenvalue weighted by atomic mass is 16.3. The normalized spacial score (nSPS) is 27.1. The van der Waals surface area contributed by atoms with Crippen molar-refractivity contribution in [2.45, 2.75) is 52.0 Å². The van der Waals surface area contributed by atoms with Gasteiger partial charge in [-0.05, 0) is 50.8 Å². The zero-order chi connectivity index (χ0) is 19.7. The van der Waals surface area contributed by atoms with Gasteiger partial charge in [-0.15, -0.1) is 0 Å². The van der Waals surface area contributed by atoms with Crippen LogP contribution in [0.4, 0.5) is 0 Å². The molecule has 4 rings (SSSR count). The average molecular weight is 388 g/mol. The van der Waals surface area contributed by atoms with Gasteiger partial charge >= 0.3 is 0 Å². The summed E-state index contributed by atoms with van der Waals surface area (Å²) in [5, 5.41) is 0. The predicted octanol–water partition coefficient (Wildman–Crippen LogP) is 2.85. The number of rotatable bonds is 3. The van der Waals surface area contributed by atoms with E-state index in [4.69, 9.17) is 4.42 Å². The Morgan fingerprint density at radius 1 is 1.07 bits per heavy atom. The second-order valence-electron chi connectivity index (χ2n) is 9.24. The van der Waals surface area contributed by atoms with E-state index >= 15 is 0 Å². The number of likely N-dealkylation sites (tertiary alicyclic amines) is 3. The van der Waals surface area contributed by atoms with Crippen molar-refractivity contribution in [2.24, 2.45) is 11.3 Å². The Labute approximate surface area is 167 Å². The van der Waals surface area contributed by atoms with Crippen molar-refractivity contribution in [3.63, 3.8) is 0 Å². The average Bonchev–Trinajstić information content (AvgIpc) is 3.38. The maximum atomic E-state index is 12.7. The third-order valence-corrected chi connectivity index (χ3v) is 6.93. The van der Waals surface area contributed by atoms with Crippen molar-refractivity contribution in [3.05, 3.63) is 24.2 Å². The van der Waals surface area contributed by atoms with E-state index in [9.17, 15) is 9.59 Å². The Morgan fingerprint density at radius 2 is 1.86 bits per heavy atom. The maximum Gasteiger partial charge on any atom is 0.289 e. The highest BCUT2D eigenvalue weighted by molar-refractivity contribution is 5.91. The lowest BCUT2D eigenvalue weighted by molar-refractivity contribution is -0.136. The highest BCUT2D eigenvalue weighted by Crippen LogP contribution is 2.40. The quantitative estimate of drug-likeness (QED) is 0.800. The van der Waals surface area contributed by atoms with Crippen LogP contribution < -0.4 is 0 Å². The fraction of sp³-hybridized carbons (Fsp3) is 0.727. The van der Waals surface area contributed by atoms with E-state index in [2.05, 4.69) is 4.90 Å². The third-order valence-electron chi connectivity index (χ3n) is 6.93. The third kappa shape index (κ3) is 3.84.